The molecule has 0 N–H and O–H groups in total. The Morgan fingerprint density at radius 2 is 1.71 bits per heavy atom. The number of hydrogen-bond donors (Lipinski definition) is 0. The van der Waals surface area contributed by atoms with Crippen molar-refractivity contribution >= 4 is 11.0 Å². The van der Waals surface area contributed by atoms with E-state index in [9.17, 15) is 18.0 Å². The molecule has 0 bridgehead atoms. The fourth-order valence-electron chi connectivity index (χ4n) is 2.66. The van der Waals surface area contributed by atoms with Crippen LogP contribution in [0.5, 0.6) is 5.75 Å². The largest absolute Gasteiger partial charge is 0.496 e. The molecule has 0 unspecified atom stereocenters. The molecule has 1 aromatic heterocycles. The van der Waals surface area contributed by atoms with Crippen LogP contribution in [-0.4, -0.2) is 7.11 Å². The summed E-state index contributed by atoms with van der Waals surface area (Å²) in [6, 6.07) is 10.6. The summed E-state index contributed by atoms with van der Waals surface area (Å²) in [6.07, 6.45) is -4.80. The predicted molar refractivity (Wildman–Crippen MR) is 84.2 cm³/mol. The summed E-state index contributed by atoms with van der Waals surface area (Å²) >= 11 is 0. The van der Waals surface area contributed by atoms with Crippen LogP contribution in [0.25, 0.3) is 22.1 Å². The molecule has 3 rings (SSSR count). The first-order valence-corrected chi connectivity index (χ1v) is 7.11. The van der Waals surface area contributed by atoms with Crippen molar-refractivity contribution < 1.29 is 22.3 Å². The van der Waals surface area contributed by atoms with Gasteiger partial charge in [0.2, 0.25) is 11.2 Å². The quantitative estimate of drug-likeness (QED) is 0.676. The number of alkyl halides is 3. The maximum absolute atomic E-state index is 13.5. The van der Waals surface area contributed by atoms with E-state index in [1.165, 1.54) is 31.4 Å². The van der Waals surface area contributed by atoms with Crippen LogP contribution in [0.1, 0.15) is 11.3 Å². The fourth-order valence-corrected chi connectivity index (χ4v) is 2.66. The first-order chi connectivity index (χ1) is 11.3. The Kier molecular flexibility index (Phi) is 3.83. The van der Waals surface area contributed by atoms with Gasteiger partial charge in [-0.3, -0.25) is 4.79 Å². The minimum atomic E-state index is -4.80. The molecular weight excluding hydrogens is 321 g/mol. The lowest BCUT2D eigenvalue weighted by atomic mass is 10.0. The molecule has 0 saturated heterocycles. The van der Waals surface area contributed by atoms with E-state index in [1.54, 1.807) is 25.1 Å². The molecule has 2 aromatic carbocycles. The van der Waals surface area contributed by atoms with Crippen LogP contribution in [0.2, 0.25) is 0 Å². The smallest absolute Gasteiger partial charge is 0.450 e. The summed E-state index contributed by atoms with van der Waals surface area (Å²) in [6.45, 7) is 1.55. The Bertz CT molecular complexity index is 957. The van der Waals surface area contributed by atoms with Gasteiger partial charge >= 0.3 is 6.18 Å². The molecule has 0 aliphatic carbocycles. The van der Waals surface area contributed by atoms with E-state index < -0.39 is 22.9 Å². The van der Waals surface area contributed by atoms with Gasteiger partial charge in [0.25, 0.3) is 0 Å². The number of ether oxygens (including phenoxy) is 1. The Morgan fingerprint density at radius 1 is 1.04 bits per heavy atom. The molecule has 0 aliphatic rings. The van der Waals surface area contributed by atoms with Crippen molar-refractivity contribution in [1.29, 1.82) is 0 Å². The molecule has 0 aliphatic heterocycles. The minimum Gasteiger partial charge on any atom is -0.496 e. The van der Waals surface area contributed by atoms with Gasteiger partial charge in [-0.25, -0.2) is 0 Å². The van der Waals surface area contributed by atoms with Crippen LogP contribution in [0, 0.1) is 6.92 Å². The SMILES string of the molecule is COc1ccc2c(=O)c(-c3ccccc3)c(C(F)(F)F)oc2c1C. The van der Waals surface area contributed by atoms with Crippen molar-refractivity contribution in [2.45, 2.75) is 13.1 Å². The van der Waals surface area contributed by atoms with Crippen molar-refractivity contribution in [2.75, 3.05) is 7.11 Å². The van der Waals surface area contributed by atoms with E-state index >= 15 is 0 Å². The van der Waals surface area contributed by atoms with Crippen LogP contribution in [0.15, 0.2) is 51.7 Å². The lowest BCUT2D eigenvalue weighted by Gasteiger charge is -2.14. The van der Waals surface area contributed by atoms with E-state index in [-0.39, 0.29) is 16.5 Å². The van der Waals surface area contributed by atoms with Crippen molar-refractivity contribution in [1.82, 2.24) is 0 Å². The van der Waals surface area contributed by atoms with Crippen LogP contribution in [0.3, 0.4) is 0 Å². The lowest BCUT2D eigenvalue weighted by Crippen LogP contribution is -2.16. The highest BCUT2D eigenvalue weighted by Crippen LogP contribution is 2.38. The van der Waals surface area contributed by atoms with Gasteiger partial charge in [-0.15, -0.1) is 0 Å². The van der Waals surface area contributed by atoms with Gasteiger partial charge in [0.05, 0.1) is 18.1 Å². The Hall–Kier alpha value is -2.76. The Balaban J connectivity index is 2.48. The molecular formula is C18H13F3O3. The van der Waals surface area contributed by atoms with Crippen molar-refractivity contribution in [3.8, 4) is 16.9 Å². The van der Waals surface area contributed by atoms with Gasteiger partial charge in [0, 0.05) is 5.56 Å². The molecule has 0 saturated carbocycles. The highest BCUT2D eigenvalue weighted by atomic mass is 19.4. The summed E-state index contributed by atoms with van der Waals surface area (Å²) in [5, 5.41) is 0.0835. The third-order valence-electron chi connectivity index (χ3n) is 3.80. The van der Waals surface area contributed by atoms with Crippen molar-refractivity contribution in [3.63, 3.8) is 0 Å². The van der Waals surface area contributed by atoms with Gasteiger partial charge in [-0.2, -0.15) is 13.2 Å². The summed E-state index contributed by atoms with van der Waals surface area (Å²) < 4.78 is 50.7. The first kappa shape index (κ1) is 16.1. The van der Waals surface area contributed by atoms with E-state index in [4.69, 9.17) is 9.15 Å². The average molecular weight is 334 g/mol. The third kappa shape index (κ3) is 2.54. The standard InChI is InChI=1S/C18H13F3O3/c1-10-13(23-2)9-8-12-15(22)14(11-6-4-3-5-7-11)17(18(19,20)21)24-16(10)12/h3-9H,1-2H3. The van der Waals surface area contributed by atoms with Crippen LogP contribution in [0.4, 0.5) is 13.2 Å². The zero-order valence-corrected chi connectivity index (χ0v) is 12.9. The van der Waals surface area contributed by atoms with E-state index in [0.717, 1.165) is 0 Å². The number of methoxy groups -OCH3 is 1. The van der Waals surface area contributed by atoms with Gasteiger partial charge in [0.15, 0.2) is 0 Å². The monoisotopic (exact) mass is 334 g/mol. The number of benzene rings is 2. The molecule has 3 aromatic rings. The number of fused-ring (bicyclic) bond motifs is 1. The zero-order chi connectivity index (χ0) is 17.5. The van der Waals surface area contributed by atoms with Crippen LogP contribution >= 0.6 is 0 Å². The van der Waals surface area contributed by atoms with Crippen LogP contribution < -0.4 is 10.2 Å². The molecule has 6 heteroatoms. The molecule has 0 spiro atoms. The number of hydrogen-bond acceptors (Lipinski definition) is 3. The van der Waals surface area contributed by atoms with E-state index in [1.807, 2.05) is 0 Å². The van der Waals surface area contributed by atoms with Crippen molar-refractivity contribution in [3.05, 3.63) is 64.0 Å². The van der Waals surface area contributed by atoms with Gasteiger partial charge in [-0.1, -0.05) is 30.3 Å². The maximum atomic E-state index is 13.5. The Labute approximate surface area is 135 Å². The van der Waals surface area contributed by atoms with Crippen LogP contribution in [-0.2, 0) is 6.18 Å². The molecule has 0 radical (unpaired) electrons. The van der Waals surface area contributed by atoms with Gasteiger partial charge in [0.1, 0.15) is 11.3 Å². The Morgan fingerprint density at radius 3 is 2.29 bits per heavy atom. The molecule has 0 fully saturated rings. The van der Waals surface area contributed by atoms with Gasteiger partial charge in [-0.05, 0) is 24.6 Å². The average Bonchev–Trinajstić information content (AvgIpc) is 2.55. The maximum Gasteiger partial charge on any atom is 0.450 e. The van der Waals surface area contributed by atoms with E-state index in [2.05, 4.69) is 0 Å². The minimum absolute atomic E-state index is 0.0835. The summed E-state index contributed by atoms with van der Waals surface area (Å²) in [4.78, 5) is 12.7. The number of halogens is 3. The molecule has 3 nitrogen and oxygen atoms in total. The zero-order valence-electron chi connectivity index (χ0n) is 12.9. The normalized spacial score (nSPS) is 11.7. The highest BCUT2D eigenvalue weighted by Gasteiger charge is 2.39. The fraction of sp³-hybridized carbons (Fsp3) is 0.167. The number of aryl methyl sites for hydroxylation is 1. The molecule has 1 heterocycles. The lowest BCUT2D eigenvalue weighted by molar-refractivity contribution is -0.152. The van der Waals surface area contributed by atoms with Crippen molar-refractivity contribution in [2.24, 2.45) is 0 Å². The second-order valence-electron chi connectivity index (χ2n) is 5.27. The molecule has 24 heavy (non-hydrogen) atoms. The highest BCUT2D eigenvalue weighted by molar-refractivity contribution is 5.86. The molecule has 124 valence electrons. The second-order valence-corrected chi connectivity index (χ2v) is 5.27. The summed E-state index contributed by atoms with van der Waals surface area (Å²) in [5.74, 6) is -0.950. The second kappa shape index (κ2) is 5.70. The number of rotatable bonds is 2. The molecule has 0 amide bonds. The summed E-state index contributed by atoms with van der Waals surface area (Å²) in [7, 11) is 1.40. The topological polar surface area (TPSA) is 39.4 Å². The van der Waals surface area contributed by atoms with E-state index in [0.29, 0.717) is 11.3 Å². The first-order valence-electron chi connectivity index (χ1n) is 7.11. The predicted octanol–water partition coefficient (Wildman–Crippen LogP) is 4.80. The third-order valence-corrected chi connectivity index (χ3v) is 3.80. The molecule has 0 atom stereocenters. The van der Waals surface area contributed by atoms with Gasteiger partial charge < -0.3 is 9.15 Å². The summed E-state index contributed by atoms with van der Waals surface area (Å²) in [5.41, 5.74) is -0.821.